The lowest BCUT2D eigenvalue weighted by Crippen LogP contribution is -2.25. The van der Waals surface area contributed by atoms with Crippen molar-refractivity contribution in [3.05, 3.63) is 48.6 Å². The number of hydrogen-bond acceptors (Lipinski definition) is 5. The van der Waals surface area contributed by atoms with Crippen LogP contribution in [0.25, 0.3) is 0 Å². The normalized spacial score (nSPS) is 25.5. The van der Waals surface area contributed by atoms with Crippen molar-refractivity contribution in [2.75, 3.05) is 0 Å². The fourth-order valence-electron chi connectivity index (χ4n) is 2.84. The van der Waals surface area contributed by atoms with Crippen molar-refractivity contribution in [3.63, 3.8) is 0 Å². The highest BCUT2D eigenvalue weighted by molar-refractivity contribution is 5.66. The standard InChI is InChI=1S/C22H34O6/c1-2-3-4-5-6-9-12-18(24)21-16-19(25)20(28-21)15-14-17(23)11-8-7-10-13-22(26)27/h3-4,6-9,14-15,17-21,23-25H,2,5,10-13,16H2,1H3,(H,26,27)/b4-3-,8-7-,9-6-,15-14+/t17-,18-,19-,20+,21-/m0/s1. The monoisotopic (exact) mass is 394 g/mol. The van der Waals surface area contributed by atoms with Crippen molar-refractivity contribution in [1.29, 1.82) is 0 Å². The van der Waals surface area contributed by atoms with Crippen LogP contribution in [-0.4, -0.2) is 56.9 Å². The number of hydrogen-bond donors (Lipinski definition) is 4. The molecule has 1 aliphatic rings. The summed E-state index contributed by atoms with van der Waals surface area (Å²) in [5.74, 6) is -0.849. The third-order valence-electron chi connectivity index (χ3n) is 4.42. The molecule has 0 radical (unpaired) electrons. The van der Waals surface area contributed by atoms with E-state index in [1.54, 1.807) is 24.3 Å². The Hall–Kier alpha value is -1.73. The van der Waals surface area contributed by atoms with E-state index in [4.69, 9.17) is 9.84 Å². The van der Waals surface area contributed by atoms with Gasteiger partial charge in [-0.1, -0.05) is 55.5 Å². The van der Waals surface area contributed by atoms with E-state index in [1.807, 2.05) is 12.2 Å². The van der Waals surface area contributed by atoms with Gasteiger partial charge >= 0.3 is 5.97 Å². The summed E-state index contributed by atoms with van der Waals surface area (Å²) in [7, 11) is 0. The van der Waals surface area contributed by atoms with Gasteiger partial charge in [0.25, 0.3) is 0 Å². The van der Waals surface area contributed by atoms with E-state index in [0.717, 1.165) is 12.8 Å². The topological polar surface area (TPSA) is 107 Å². The molecule has 0 amide bonds. The number of aliphatic hydroxyl groups is 3. The van der Waals surface area contributed by atoms with Crippen molar-refractivity contribution in [3.8, 4) is 0 Å². The lowest BCUT2D eigenvalue weighted by molar-refractivity contribution is -0.136. The molecule has 1 heterocycles. The zero-order valence-electron chi connectivity index (χ0n) is 16.6. The van der Waals surface area contributed by atoms with Crippen LogP contribution < -0.4 is 0 Å². The van der Waals surface area contributed by atoms with Gasteiger partial charge in [-0.15, -0.1) is 0 Å². The number of carbonyl (C=O) groups is 1. The van der Waals surface area contributed by atoms with E-state index in [0.29, 0.717) is 25.7 Å². The molecule has 5 atom stereocenters. The van der Waals surface area contributed by atoms with Gasteiger partial charge < -0.3 is 25.2 Å². The Morgan fingerprint density at radius 1 is 1.11 bits per heavy atom. The van der Waals surface area contributed by atoms with E-state index < -0.39 is 36.5 Å². The third-order valence-corrected chi connectivity index (χ3v) is 4.42. The third kappa shape index (κ3) is 10.6. The molecule has 0 unspecified atom stereocenters. The molecule has 6 nitrogen and oxygen atoms in total. The second-order valence-corrected chi connectivity index (χ2v) is 6.92. The summed E-state index contributed by atoms with van der Waals surface area (Å²) in [6.07, 6.45) is 15.1. The smallest absolute Gasteiger partial charge is 0.303 e. The van der Waals surface area contributed by atoms with Crippen LogP contribution in [0.4, 0.5) is 0 Å². The minimum absolute atomic E-state index is 0.0683. The highest BCUT2D eigenvalue weighted by Crippen LogP contribution is 2.25. The van der Waals surface area contributed by atoms with Gasteiger partial charge in [0, 0.05) is 12.8 Å². The summed E-state index contributed by atoms with van der Waals surface area (Å²) in [5.41, 5.74) is 0. The number of carboxylic acid groups (broad SMARTS) is 1. The minimum atomic E-state index is -0.849. The summed E-state index contributed by atoms with van der Waals surface area (Å²) in [4.78, 5) is 10.4. The zero-order valence-corrected chi connectivity index (χ0v) is 16.6. The van der Waals surface area contributed by atoms with Crippen molar-refractivity contribution in [2.24, 2.45) is 0 Å². The van der Waals surface area contributed by atoms with Crippen LogP contribution in [0.5, 0.6) is 0 Å². The molecule has 1 aliphatic heterocycles. The fraction of sp³-hybridized carbons (Fsp3) is 0.591. The molecule has 6 heteroatoms. The predicted molar refractivity (Wildman–Crippen MR) is 109 cm³/mol. The second kappa shape index (κ2) is 14.3. The van der Waals surface area contributed by atoms with Crippen LogP contribution in [0.1, 0.15) is 51.9 Å². The molecule has 0 aromatic carbocycles. The van der Waals surface area contributed by atoms with Gasteiger partial charge in [-0.3, -0.25) is 4.79 Å². The van der Waals surface area contributed by atoms with E-state index in [-0.39, 0.29) is 6.42 Å². The quantitative estimate of drug-likeness (QED) is 0.358. The maximum absolute atomic E-state index is 10.4. The van der Waals surface area contributed by atoms with Crippen LogP contribution in [0.2, 0.25) is 0 Å². The predicted octanol–water partition coefficient (Wildman–Crippen LogP) is 2.90. The molecule has 0 bridgehead atoms. The fourth-order valence-corrected chi connectivity index (χ4v) is 2.84. The zero-order chi connectivity index (χ0) is 20.8. The lowest BCUT2D eigenvalue weighted by atomic mass is 10.0. The lowest BCUT2D eigenvalue weighted by Gasteiger charge is -2.16. The Morgan fingerprint density at radius 3 is 2.54 bits per heavy atom. The Morgan fingerprint density at radius 2 is 1.82 bits per heavy atom. The Bertz CT molecular complexity index is 551. The van der Waals surface area contributed by atoms with Gasteiger partial charge in [0.1, 0.15) is 6.10 Å². The molecule has 0 aromatic heterocycles. The van der Waals surface area contributed by atoms with Gasteiger partial charge in [0.2, 0.25) is 0 Å². The maximum atomic E-state index is 10.4. The van der Waals surface area contributed by atoms with Gasteiger partial charge in [-0.25, -0.2) is 0 Å². The second-order valence-electron chi connectivity index (χ2n) is 6.92. The number of carboxylic acids is 1. The highest BCUT2D eigenvalue weighted by atomic mass is 16.5. The van der Waals surface area contributed by atoms with Crippen LogP contribution >= 0.6 is 0 Å². The molecule has 1 fully saturated rings. The molecule has 158 valence electrons. The van der Waals surface area contributed by atoms with Crippen LogP contribution in [-0.2, 0) is 9.53 Å². The summed E-state index contributed by atoms with van der Waals surface area (Å²) >= 11 is 0. The summed E-state index contributed by atoms with van der Waals surface area (Å²) in [5, 5.41) is 38.8. The van der Waals surface area contributed by atoms with Crippen molar-refractivity contribution >= 4 is 5.97 Å². The van der Waals surface area contributed by atoms with E-state index in [2.05, 4.69) is 19.1 Å². The number of ether oxygens (including phenoxy) is 1. The summed E-state index contributed by atoms with van der Waals surface area (Å²) in [6, 6.07) is 0. The van der Waals surface area contributed by atoms with Crippen LogP contribution in [0, 0.1) is 0 Å². The van der Waals surface area contributed by atoms with Gasteiger partial charge in [-0.05, 0) is 32.1 Å². The number of allylic oxidation sites excluding steroid dienone is 4. The molecule has 0 spiro atoms. The largest absolute Gasteiger partial charge is 0.481 e. The average Bonchev–Trinajstić information content (AvgIpc) is 3.03. The molecule has 1 saturated heterocycles. The molecule has 28 heavy (non-hydrogen) atoms. The minimum Gasteiger partial charge on any atom is -0.481 e. The number of aliphatic carboxylic acids is 1. The molecule has 0 aliphatic carbocycles. The number of aliphatic hydroxyl groups excluding tert-OH is 3. The van der Waals surface area contributed by atoms with Crippen molar-refractivity contribution in [1.82, 2.24) is 0 Å². The van der Waals surface area contributed by atoms with E-state index in [9.17, 15) is 20.1 Å². The summed E-state index contributed by atoms with van der Waals surface area (Å²) < 4.78 is 5.72. The molecule has 1 rings (SSSR count). The Labute approximate surface area is 167 Å². The van der Waals surface area contributed by atoms with Gasteiger partial charge in [0.15, 0.2) is 0 Å². The first kappa shape index (κ1) is 24.3. The summed E-state index contributed by atoms with van der Waals surface area (Å²) in [6.45, 7) is 2.08. The Kier molecular flexibility index (Phi) is 12.4. The molecule has 4 N–H and O–H groups in total. The van der Waals surface area contributed by atoms with Crippen LogP contribution in [0.15, 0.2) is 48.6 Å². The van der Waals surface area contributed by atoms with E-state index >= 15 is 0 Å². The molecular formula is C22H34O6. The highest BCUT2D eigenvalue weighted by Gasteiger charge is 2.35. The van der Waals surface area contributed by atoms with Crippen LogP contribution in [0.3, 0.4) is 0 Å². The molecular weight excluding hydrogens is 360 g/mol. The van der Waals surface area contributed by atoms with Crippen molar-refractivity contribution in [2.45, 2.75) is 82.4 Å². The first-order chi connectivity index (χ1) is 13.4. The SMILES string of the molecule is CC/C=C\C/C=C\C[C@H](O)[C@@H]1C[C@H](O)[C@@H](/C=C/[C@@H](O)C/C=C\CCC(=O)O)O1. The molecule has 0 aromatic rings. The van der Waals surface area contributed by atoms with Gasteiger partial charge in [0.05, 0.1) is 24.4 Å². The maximum Gasteiger partial charge on any atom is 0.303 e. The number of rotatable bonds is 13. The first-order valence-electron chi connectivity index (χ1n) is 9.98. The first-order valence-corrected chi connectivity index (χ1v) is 9.98. The average molecular weight is 395 g/mol. The van der Waals surface area contributed by atoms with Crippen molar-refractivity contribution < 1.29 is 30.0 Å². The Balaban J connectivity index is 2.34. The van der Waals surface area contributed by atoms with E-state index in [1.165, 1.54) is 0 Å². The molecule has 0 saturated carbocycles. The van der Waals surface area contributed by atoms with Gasteiger partial charge in [-0.2, -0.15) is 0 Å².